The van der Waals surface area contributed by atoms with Crippen molar-refractivity contribution in [2.45, 2.75) is 245 Å². The summed E-state index contributed by atoms with van der Waals surface area (Å²) in [5, 5.41) is 183. The van der Waals surface area contributed by atoms with Crippen molar-refractivity contribution in [3.63, 3.8) is 0 Å². The van der Waals surface area contributed by atoms with Gasteiger partial charge in [-0.15, -0.1) is 92.8 Å². The Balaban J connectivity index is 0.986. The van der Waals surface area contributed by atoms with Gasteiger partial charge in [0.25, 0.3) is 0 Å². The van der Waals surface area contributed by atoms with Crippen LogP contribution in [0.2, 0.25) is 0 Å². The second-order valence-electron chi connectivity index (χ2n) is 22.6. The van der Waals surface area contributed by atoms with E-state index in [1.807, 2.05) is 0 Å². The van der Waals surface area contributed by atoms with E-state index in [4.69, 9.17) is 169 Å². The topological polar surface area (TPSA) is 471 Å². The first-order valence-corrected chi connectivity index (χ1v) is 32.0. The first-order valence-electron chi connectivity index (χ1n) is 27.7. The van der Waals surface area contributed by atoms with Gasteiger partial charge in [0.1, 0.15) is 183 Å². The van der Waals surface area contributed by atoms with Crippen molar-refractivity contribution in [2.75, 3.05) is 47.0 Å². The van der Waals surface area contributed by atoms with Crippen molar-refractivity contribution in [3.8, 4) is 0 Å². The fraction of sp³-hybridized carbons (Fsp3) is 1.00. The van der Waals surface area contributed by atoms with Crippen molar-refractivity contribution in [1.29, 1.82) is 0 Å². The van der Waals surface area contributed by atoms with Crippen LogP contribution in [0.1, 0.15) is 6.92 Å². The van der Waals surface area contributed by atoms with E-state index in [2.05, 4.69) is 0 Å². The molecule has 0 amide bonds. The lowest BCUT2D eigenvalue weighted by Gasteiger charge is -2.72. The molecule has 88 heavy (non-hydrogen) atoms. The molecule has 0 aromatic rings. The zero-order chi connectivity index (χ0) is 64.3. The molecular formula is C48H72Cl8O32. The number of hydrogen-bond acceptors (Lipinski definition) is 32. The molecule has 39 unspecified atom stereocenters. The summed E-state index contributed by atoms with van der Waals surface area (Å²) in [5.41, 5.74) is -4.57. The van der Waals surface area contributed by atoms with E-state index in [0.717, 1.165) is 6.92 Å². The first kappa shape index (κ1) is 73.3. The molecule has 1 aliphatic carbocycles. The molecule has 20 fully saturated rings. The maximum Gasteiger partial charge on any atom is 0.193 e. The number of hydrogen-bond donors (Lipinski definition) is 16. The van der Waals surface area contributed by atoms with Gasteiger partial charge in [-0.2, -0.15) is 0 Å². The van der Waals surface area contributed by atoms with Crippen LogP contribution in [0.3, 0.4) is 0 Å². The lowest BCUT2D eigenvalue weighted by molar-refractivity contribution is -0.533. The second-order valence-corrected chi connectivity index (χ2v) is 25.0. The Bertz CT molecular complexity index is 2220. The van der Waals surface area contributed by atoms with Crippen LogP contribution in [-0.4, -0.2) is 367 Å². The molecule has 32 nitrogen and oxygen atoms in total. The molecule has 20 rings (SSSR count). The van der Waals surface area contributed by atoms with Crippen LogP contribution >= 0.6 is 92.8 Å². The van der Waals surface area contributed by atoms with Crippen LogP contribution in [0.5, 0.6) is 0 Å². The number of rotatable bonds is 10. The van der Waals surface area contributed by atoms with Crippen molar-refractivity contribution in [1.82, 2.24) is 0 Å². The third-order valence-corrected chi connectivity index (χ3v) is 19.7. The minimum atomic E-state index is -2.49. The Labute approximate surface area is 540 Å². The molecule has 19 heterocycles. The molecule has 16 N–H and O–H groups in total. The van der Waals surface area contributed by atoms with Crippen LogP contribution in [0.4, 0.5) is 0 Å². The third kappa shape index (κ3) is 13.4. The summed E-state index contributed by atoms with van der Waals surface area (Å²) >= 11 is 50.3. The maximum atomic E-state index is 12.0. The Morgan fingerprint density at radius 1 is 0.341 bits per heavy atom. The van der Waals surface area contributed by atoms with Crippen LogP contribution < -0.4 is 0 Å². The summed E-state index contributed by atoms with van der Waals surface area (Å²) in [6.07, 6.45) is -68.4. The molecule has 1 saturated carbocycles. The third-order valence-electron chi connectivity index (χ3n) is 17.2. The van der Waals surface area contributed by atoms with Crippen LogP contribution in [0.25, 0.3) is 0 Å². The molecule has 39 atom stereocenters. The second kappa shape index (κ2) is 30.4. The fourth-order valence-corrected chi connectivity index (χ4v) is 14.1. The van der Waals surface area contributed by atoms with E-state index in [9.17, 15) is 81.7 Å². The van der Waals surface area contributed by atoms with Crippen LogP contribution in [0, 0.1) is 0 Å². The molecule has 16 bridgehead atoms. The monoisotopic (exact) mass is 1440 g/mol. The minimum Gasteiger partial charge on any atom is -0.391 e. The summed E-state index contributed by atoms with van der Waals surface area (Å²) in [6, 6.07) is 0. The van der Waals surface area contributed by atoms with E-state index in [-0.39, 0.29) is 0 Å². The lowest BCUT2D eigenvalue weighted by Crippen LogP contribution is -2.96. The molecule has 19 saturated heterocycles. The minimum absolute atomic E-state index is 0.528. The number of ether oxygens (including phenoxy) is 14. The highest BCUT2D eigenvalue weighted by Crippen LogP contribution is 2.61. The van der Waals surface area contributed by atoms with Crippen LogP contribution in [0.15, 0.2) is 0 Å². The van der Waals surface area contributed by atoms with Gasteiger partial charge < -0.3 is 148 Å². The van der Waals surface area contributed by atoms with Gasteiger partial charge in [-0.3, -0.25) is 0 Å². The van der Waals surface area contributed by atoms with Crippen molar-refractivity contribution in [2.24, 2.45) is 0 Å². The Hall–Kier alpha value is 1.04. The summed E-state index contributed by atoms with van der Waals surface area (Å²) in [7, 11) is 0. The van der Waals surface area contributed by atoms with Gasteiger partial charge in [0.2, 0.25) is 0 Å². The summed E-state index contributed by atoms with van der Waals surface area (Å²) < 4.78 is 82.6. The largest absolute Gasteiger partial charge is 0.391 e. The average molecular weight is 1440 g/mol. The number of aliphatic hydroxyl groups excluding tert-OH is 15. The summed E-state index contributed by atoms with van der Waals surface area (Å²) in [5.74, 6) is -4.54. The van der Waals surface area contributed by atoms with E-state index < -0.39 is 285 Å². The van der Waals surface area contributed by atoms with Gasteiger partial charge in [0.05, 0.1) is 53.1 Å². The highest BCUT2D eigenvalue weighted by molar-refractivity contribution is 6.20. The van der Waals surface area contributed by atoms with Gasteiger partial charge in [-0.05, 0) is 6.92 Å². The van der Waals surface area contributed by atoms with Gasteiger partial charge in [0.15, 0.2) is 49.6 Å². The molecule has 19 aliphatic heterocycles. The Kier molecular flexibility index (Phi) is 25.3. The molecule has 40 heteroatoms. The zero-order valence-electron chi connectivity index (χ0n) is 45.7. The van der Waals surface area contributed by atoms with E-state index in [1.165, 1.54) is 0 Å². The first-order chi connectivity index (χ1) is 41.7. The Morgan fingerprint density at radius 3 is 0.932 bits per heavy atom. The van der Waals surface area contributed by atoms with Crippen LogP contribution in [-0.2, 0) is 76.1 Å². The Morgan fingerprint density at radius 2 is 0.625 bits per heavy atom. The smallest absolute Gasteiger partial charge is 0.193 e. The molecule has 0 aromatic carbocycles. The SMILES string of the molecule is CC(O)C(O)C1OC2OC(CCl)C(OC3OC4(CCl)C(OC5OC(CCl)C(OC6OC(CCl)C(OC7OC(CCl)C(OC8OC(CCl)C(OC9OC(CCl)C(OOC1CCl)C(O)C9O)C(O)C8O)C(O)C7O)C(O)C6O)C(O)C5O)C(O)C34O)C(O)C2O. The van der Waals surface area contributed by atoms with Gasteiger partial charge >= 0.3 is 0 Å². The molecule has 0 spiro atoms. The summed E-state index contributed by atoms with van der Waals surface area (Å²) in [4.78, 5) is 11.1. The fourth-order valence-electron chi connectivity index (χ4n) is 12.0. The average Bonchev–Trinajstić information content (AvgIpc) is 0.654. The van der Waals surface area contributed by atoms with Crippen molar-refractivity contribution in [3.05, 3.63) is 0 Å². The number of alkyl halides is 8. The summed E-state index contributed by atoms with van der Waals surface area (Å²) in [6.45, 7) is 1.13. The van der Waals surface area contributed by atoms with Crippen molar-refractivity contribution < 1.29 is 158 Å². The van der Waals surface area contributed by atoms with Gasteiger partial charge in [-0.25, -0.2) is 9.78 Å². The molecule has 0 aromatic heterocycles. The highest BCUT2D eigenvalue weighted by Gasteiger charge is 2.86. The molecule has 0 radical (unpaired) electrons. The molecule has 20 aliphatic rings. The lowest BCUT2D eigenvalue weighted by atomic mass is 9.56. The van der Waals surface area contributed by atoms with E-state index in [0.29, 0.717) is 0 Å². The standard InChI is InChI=1S/C48H72Cl8O32/c1-10(57)18(58)36-17(8-55)87-88-37-16(7-54)78-44(30(70)24(37)64)82-33-13(4-51)75-41(27(67)21(33)61)80-31-11(2-49)73-40(25(65)19(31)59)79-32-12(3-50)74-42(26(66)20(32)60)81-34-14(5-52)77-45(29(69)22(34)62)85-39-38(71)48(72)46(86-47(39,48)9-56)84-35-15(6-53)76-43(83-36)28(68)23(35)63/h10-46,57-72H,2-9H2,1H3. The molecular weight excluding hydrogens is 1370 g/mol. The number of fused-ring (bicyclic) bond motifs is 1. The normalized spacial score (nSPS) is 54.9. The van der Waals surface area contributed by atoms with Crippen molar-refractivity contribution >= 4 is 92.8 Å². The maximum absolute atomic E-state index is 12.0. The number of aliphatic hydroxyl groups is 16. The predicted molar refractivity (Wildman–Crippen MR) is 290 cm³/mol. The van der Waals surface area contributed by atoms with E-state index >= 15 is 0 Å². The molecule has 512 valence electrons. The van der Waals surface area contributed by atoms with Gasteiger partial charge in [-0.1, -0.05) is 0 Å². The number of halogens is 8. The van der Waals surface area contributed by atoms with Gasteiger partial charge in [0, 0.05) is 0 Å². The predicted octanol–water partition coefficient (Wildman–Crippen LogP) is -7.09. The van der Waals surface area contributed by atoms with E-state index in [1.54, 1.807) is 0 Å². The highest BCUT2D eigenvalue weighted by atomic mass is 35.5. The zero-order valence-corrected chi connectivity index (χ0v) is 51.8. The quantitative estimate of drug-likeness (QED) is 0.0714.